The molecule has 1 aromatic heterocycles. The van der Waals surface area contributed by atoms with Crippen molar-refractivity contribution in [2.24, 2.45) is 0 Å². The van der Waals surface area contributed by atoms with Crippen LogP contribution in [0.4, 0.5) is 10.6 Å². The van der Waals surface area contributed by atoms with E-state index in [1.807, 2.05) is 32.5 Å². The Morgan fingerprint density at radius 2 is 2.25 bits per heavy atom. The second kappa shape index (κ2) is 8.16. The Labute approximate surface area is 124 Å². The van der Waals surface area contributed by atoms with Gasteiger partial charge in [-0.1, -0.05) is 0 Å². The van der Waals surface area contributed by atoms with Gasteiger partial charge < -0.3 is 10.1 Å². The molecule has 7 heteroatoms. The maximum Gasteiger partial charge on any atom is 0.413 e. The summed E-state index contributed by atoms with van der Waals surface area (Å²) in [5, 5.41) is 12.7. The lowest BCUT2D eigenvalue weighted by molar-refractivity contribution is 0.0635. The fourth-order valence-corrected chi connectivity index (χ4v) is 1.96. The number of aromatic amines is 1. The zero-order valence-electron chi connectivity index (χ0n) is 12.6. The smallest absolute Gasteiger partial charge is 0.413 e. The van der Waals surface area contributed by atoms with Crippen molar-refractivity contribution in [2.75, 3.05) is 23.9 Å². The van der Waals surface area contributed by atoms with E-state index in [0.717, 1.165) is 24.3 Å². The Morgan fingerprint density at radius 3 is 2.90 bits per heavy atom. The van der Waals surface area contributed by atoms with Crippen molar-refractivity contribution in [3.05, 3.63) is 11.8 Å². The minimum absolute atomic E-state index is 0.481. The average Bonchev–Trinajstić information content (AvgIpc) is 2.74. The first-order chi connectivity index (χ1) is 9.42. The Bertz CT molecular complexity index is 415. The number of carbonyl (C=O) groups is 1. The molecule has 0 spiro atoms. The molecule has 0 bridgehead atoms. The molecule has 0 aliphatic carbocycles. The average molecular weight is 300 g/mol. The topological polar surface area (TPSA) is 79.0 Å². The SMILES string of the molecule is CSCCCNCc1cn[nH]c1NC(=O)OC(C)(C)C. The van der Waals surface area contributed by atoms with Crippen LogP contribution in [0.25, 0.3) is 0 Å². The normalized spacial score (nSPS) is 11.4. The highest BCUT2D eigenvalue weighted by atomic mass is 32.2. The minimum Gasteiger partial charge on any atom is -0.444 e. The molecule has 6 nitrogen and oxygen atoms in total. The highest BCUT2D eigenvalue weighted by Crippen LogP contribution is 2.13. The van der Waals surface area contributed by atoms with E-state index in [9.17, 15) is 4.79 Å². The van der Waals surface area contributed by atoms with Crippen LogP contribution in [0.5, 0.6) is 0 Å². The van der Waals surface area contributed by atoms with Crippen molar-refractivity contribution in [3.8, 4) is 0 Å². The van der Waals surface area contributed by atoms with Crippen molar-refractivity contribution in [1.29, 1.82) is 0 Å². The van der Waals surface area contributed by atoms with Gasteiger partial charge in [-0.3, -0.25) is 10.4 Å². The molecule has 0 radical (unpaired) electrons. The third-order valence-electron chi connectivity index (χ3n) is 2.36. The highest BCUT2D eigenvalue weighted by Gasteiger charge is 2.17. The summed E-state index contributed by atoms with van der Waals surface area (Å²) in [6.45, 7) is 7.09. The van der Waals surface area contributed by atoms with Crippen LogP contribution in [-0.4, -0.2) is 40.4 Å². The van der Waals surface area contributed by atoms with E-state index >= 15 is 0 Å². The predicted molar refractivity (Wildman–Crippen MR) is 83.2 cm³/mol. The van der Waals surface area contributed by atoms with E-state index in [0.29, 0.717) is 12.4 Å². The van der Waals surface area contributed by atoms with Gasteiger partial charge in [-0.25, -0.2) is 4.79 Å². The lowest BCUT2D eigenvalue weighted by atomic mass is 10.2. The molecular weight excluding hydrogens is 276 g/mol. The van der Waals surface area contributed by atoms with Gasteiger partial charge in [-0.15, -0.1) is 0 Å². The van der Waals surface area contributed by atoms with Crippen LogP contribution < -0.4 is 10.6 Å². The number of hydrogen-bond donors (Lipinski definition) is 3. The molecule has 0 unspecified atom stereocenters. The molecule has 0 aliphatic rings. The largest absolute Gasteiger partial charge is 0.444 e. The van der Waals surface area contributed by atoms with Crippen LogP contribution in [0, 0.1) is 0 Å². The predicted octanol–water partition coefficient (Wildman–Crippen LogP) is 2.60. The van der Waals surface area contributed by atoms with Crippen LogP contribution >= 0.6 is 11.8 Å². The molecule has 0 atom stereocenters. The molecule has 0 saturated carbocycles. The molecule has 0 aromatic carbocycles. The zero-order valence-corrected chi connectivity index (χ0v) is 13.4. The Morgan fingerprint density at radius 1 is 1.50 bits per heavy atom. The number of rotatable bonds is 7. The summed E-state index contributed by atoms with van der Waals surface area (Å²) in [5.41, 5.74) is 0.403. The van der Waals surface area contributed by atoms with Crippen molar-refractivity contribution in [2.45, 2.75) is 39.3 Å². The third kappa shape index (κ3) is 6.81. The van der Waals surface area contributed by atoms with Crippen LogP contribution in [0.1, 0.15) is 32.8 Å². The number of hydrogen-bond acceptors (Lipinski definition) is 5. The van der Waals surface area contributed by atoms with Crippen LogP contribution in [-0.2, 0) is 11.3 Å². The first-order valence-corrected chi connectivity index (χ1v) is 8.03. The first-order valence-electron chi connectivity index (χ1n) is 6.64. The molecule has 0 aliphatic heterocycles. The number of aromatic nitrogens is 2. The van der Waals surface area contributed by atoms with E-state index in [4.69, 9.17) is 4.74 Å². The second-order valence-corrected chi connectivity index (χ2v) is 6.41. The fraction of sp³-hybridized carbons (Fsp3) is 0.692. The van der Waals surface area contributed by atoms with Gasteiger partial charge in [0.15, 0.2) is 0 Å². The summed E-state index contributed by atoms with van der Waals surface area (Å²) in [6, 6.07) is 0. The molecule has 1 aromatic rings. The van der Waals surface area contributed by atoms with E-state index in [1.54, 1.807) is 6.20 Å². The van der Waals surface area contributed by atoms with Gasteiger partial charge in [-0.2, -0.15) is 16.9 Å². The molecule has 0 fully saturated rings. The van der Waals surface area contributed by atoms with Gasteiger partial charge in [0.25, 0.3) is 0 Å². The molecule has 114 valence electrons. The van der Waals surface area contributed by atoms with Crippen LogP contribution in [0.3, 0.4) is 0 Å². The van der Waals surface area contributed by atoms with Gasteiger partial charge in [-0.05, 0) is 45.7 Å². The number of ether oxygens (including phenoxy) is 1. The Hall–Kier alpha value is -1.21. The summed E-state index contributed by atoms with van der Waals surface area (Å²) in [5.74, 6) is 1.72. The lowest BCUT2D eigenvalue weighted by Gasteiger charge is -2.19. The molecule has 1 amide bonds. The molecule has 1 heterocycles. The fourth-order valence-electron chi connectivity index (χ4n) is 1.52. The molecular formula is C13H24N4O2S. The van der Waals surface area contributed by atoms with Crippen molar-refractivity contribution in [1.82, 2.24) is 15.5 Å². The summed E-state index contributed by atoms with van der Waals surface area (Å²) in [4.78, 5) is 11.7. The van der Waals surface area contributed by atoms with E-state index < -0.39 is 11.7 Å². The van der Waals surface area contributed by atoms with Gasteiger partial charge in [0.05, 0.1) is 6.20 Å². The van der Waals surface area contributed by atoms with Gasteiger partial charge in [0, 0.05) is 12.1 Å². The lowest BCUT2D eigenvalue weighted by Crippen LogP contribution is -2.28. The van der Waals surface area contributed by atoms with E-state index in [2.05, 4.69) is 27.1 Å². The second-order valence-electron chi connectivity index (χ2n) is 5.42. The summed E-state index contributed by atoms with van der Waals surface area (Å²) in [7, 11) is 0. The highest BCUT2D eigenvalue weighted by molar-refractivity contribution is 7.98. The minimum atomic E-state index is -0.514. The van der Waals surface area contributed by atoms with Crippen LogP contribution in [0.2, 0.25) is 0 Å². The summed E-state index contributed by atoms with van der Waals surface area (Å²) in [6.07, 6.45) is 4.44. The first kappa shape index (κ1) is 16.8. The molecule has 3 N–H and O–H groups in total. The number of nitrogens with one attached hydrogen (secondary N) is 3. The van der Waals surface area contributed by atoms with Crippen molar-refractivity contribution in [3.63, 3.8) is 0 Å². The quantitative estimate of drug-likeness (QED) is 0.675. The number of anilines is 1. The van der Waals surface area contributed by atoms with Gasteiger partial charge >= 0.3 is 6.09 Å². The maximum atomic E-state index is 11.7. The standard InChI is InChI=1S/C13H24N4O2S/c1-13(2,3)19-12(18)16-11-10(9-15-17-11)8-14-6-5-7-20-4/h9,14H,5-8H2,1-4H3,(H2,15,16,17,18). The van der Waals surface area contributed by atoms with Crippen LogP contribution in [0.15, 0.2) is 6.20 Å². The third-order valence-corrected chi connectivity index (χ3v) is 3.06. The van der Waals surface area contributed by atoms with Gasteiger partial charge in [0.2, 0.25) is 0 Å². The maximum absolute atomic E-state index is 11.7. The number of carbonyl (C=O) groups excluding carboxylic acids is 1. The van der Waals surface area contributed by atoms with Crippen molar-refractivity contribution >= 4 is 23.7 Å². The summed E-state index contributed by atoms with van der Waals surface area (Å²) < 4.78 is 5.20. The Kier molecular flexibility index (Phi) is 6.87. The van der Waals surface area contributed by atoms with Crippen molar-refractivity contribution < 1.29 is 9.53 Å². The van der Waals surface area contributed by atoms with E-state index in [-0.39, 0.29) is 0 Å². The van der Waals surface area contributed by atoms with E-state index in [1.165, 1.54) is 0 Å². The number of amides is 1. The Balaban J connectivity index is 2.40. The number of thioether (sulfide) groups is 1. The molecule has 0 saturated heterocycles. The summed E-state index contributed by atoms with van der Waals surface area (Å²) >= 11 is 1.83. The zero-order chi connectivity index (χ0) is 15.0. The number of H-pyrrole nitrogens is 1. The number of nitrogens with zero attached hydrogens (tertiary/aromatic N) is 1. The van der Waals surface area contributed by atoms with Gasteiger partial charge in [0.1, 0.15) is 11.4 Å². The monoisotopic (exact) mass is 300 g/mol. The molecule has 1 rings (SSSR count). The molecule has 20 heavy (non-hydrogen) atoms.